The van der Waals surface area contributed by atoms with Crippen LogP contribution in [0.4, 0.5) is 18.0 Å². The summed E-state index contributed by atoms with van der Waals surface area (Å²) in [6.07, 6.45) is -4.50. The molecule has 1 fully saturated rings. The van der Waals surface area contributed by atoms with Crippen LogP contribution in [0.25, 0.3) is 11.1 Å². The number of amides is 2. The molecule has 3 aromatic rings. The molecule has 0 unspecified atom stereocenters. The van der Waals surface area contributed by atoms with Gasteiger partial charge in [0, 0.05) is 18.7 Å². The van der Waals surface area contributed by atoms with E-state index < -0.39 is 11.7 Å². The molecule has 34 heavy (non-hydrogen) atoms. The van der Waals surface area contributed by atoms with Crippen molar-refractivity contribution < 1.29 is 22.7 Å². The van der Waals surface area contributed by atoms with Gasteiger partial charge in [0.25, 0.3) is 0 Å². The molecule has 7 heteroatoms. The van der Waals surface area contributed by atoms with Crippen molar-refractivity contribution in [2.75, 3.05) is 13.7 Å². The normalized spacial score (nSPS) is 16.1. The standard InChI is InChI=1S/C27H27F3N2O2/c1-17(2)19-9-12-25(34-3)23(14-19)22-11-10-21(27(28,29)30)13-20(22)16-32-24(15-31-26(32)33)18-7-5-4-6-8-18/h4-14,17,24H,15-16H2,1-3H3,(H,31,33)/t24-/m0/s1. The molecule has 1 aliphatic heterocycles. The van der Waals surface area contributed by atoms with Crippen LogP contribution in [0.5, 0.6) is 5.75 Å². The summed E-state index contributed by atoms with van der Waals surface area (Å²) in [7, 11) is 1.54. The number of nitrogens with one attached hydrogen (secondary N) is 1. The summed E-state index contributed by atoms with van der Waals surface area (Å²) in [6, 6.07) is 18.3. The van der Waals surface area contributed by atoms with Crippen molar-refractivity contribution in [1.82, 2.24) is 10.2 Å². The summed E-state index contributed by atoms with van der Waals surface area (Å²) in [5, 5.41) is 2.83. The molecule has 178 valence electrons. The minimum atomic E-state index is -4.50. The molecular weight excluding hydrogens is 441 g/mol. The van der Waals surface area contributed by atoms with E-state index in [1.54, 1.807) is 4.90 Å². The maximum atomic E-state index is 13.6. The van der Waals surface area contributed by atoms with Crippen LogP contribution in [0.2, 0.25) is 0 Å². The van der Waals surface area contributed by atoms with Crippen LogP contribution in [-0.2, 0) is 12.7 Å². The summed E-state index contributed by atoms with van der Waals surface area (Å²) in [6.45, 7) is 4.53. The molecule has 1 atom stereocenters. The maximum absolute atomic E-state index is 13.6. The highest BCUT2D eigenvalue weighted by Crippen LogP contribution is 2.39. The van der Waals surface area contributed by atoms with E-state index in [0.717, 1.165) is 23.3 Å². The number of hydrogen-bond donors (Lipinski definition) is 1. The Morgan fingerprint density at radius 1 is 1.03 bits per heavy atom. The van der Waals surface area contributed by atoms with Gasteiger partial charge in [-0.1, -0.05) is 56.3 Å². The van der Waals surface area contributed by atoms with Crippen LogP contribution in [0, 0.1) is 0 Å². The highest BCUT2D eigenvalue weighted by molar-refractivity contribution is 5.79. The van der Waals surface area contributed by atoms with Gasteiger partial charge in [0.2, 0.25) is 0 Å². The summed E-state index contributed by atoms with van der Waals surface area (Å²) in [5.74, 6) is 0.797. The van der Waals surface area contributed by atoms with Crippen LogP contribution in [0.1, 0.15) is 48.1 Å². The van der Waals surface area contributed by atoms with Crippen molar-refractivity contribution in [2.45, 2.75) is 38.5 Å². The molecule has 2 amide bonds. The number of carbonyl (C=O) groups excluding carboxylic acids is 1. The molecule has 1 heterocycles. The van der Waals surface area contributed by atoms with E-state index >= 15 is 0 Å². The van der Waals surface area contributed by atoms with Gasteiger partial charge in [0.05, 0.1) is 18.7 Å². The van der Waals surface area contributed by atoms with E-state index in [1.165, 1.54) is 13.2 Å². The number of carbonyl (C=O) groups is 1. The average Bonchev–Trinajstić information content (AvgIpc) is 3.18. The van der Waals surface area contributed by atoms with Gasteiger partial charge in [-0.25, -0.2) is 4.79 Å². The smallest absolute Gasteiger partial charge is 0.416 e. The minimum Gasteiger partial charge on any atom is -0.496 e. The molecule has 1 N–H and O–H groups in total. The first-order chi connectivity index (χ1) is 16.2. The third-order valence-electron chi connectivity index (χ3n) is 6.22. The Bertz CT molecular complexity index is 1180. The highest BCUT2D eigenvalue weighted by atomic mass is 19.4. The Morgan fingerprint density at radius 3 is 2.41 bits per heavy atom. The highest BCUT2D eigenvalue weighted by Gasteiger charge is 2.35. The number of methoxy groups -OCH3 is 1. The summed E-state index contributed by atoms with van der Waals surface area (Å²) < 4.78 is 46.4. The first-order valence-corrected chi connectivity index (χ1v) is 11.2. The van der Waals surface area contributed by atoms with Crippen molar-refractivity contribution in [3.05, 3.63) is 89.0 Å². The van der Waals surface area contributed by atoms with E-state index in [9.17, 15) is 18.0 Å². The zero-order chi connectivity index (χ0) is 24.5. The van der Waals surface area contributed by atoms with E-state index in [2.05, 4.69) is 19.2 Å². The fourth-order valence-electron chi connectivity index (χ4n) is 4.33. The van der Waals surface area contributed by atoms with E-state index in [1.807, 2.05) is 48.5 Å². The SMILES string of the molecule is COc1ccc(C(C)C)cc1-c1ccc(C(F)(F)F)cc1CN1C(=O)NC[C@H]1c1ccccc1. The lowest BCUT2D eigenvalue weighted by Gasteiger charge is -2.26. The number of benzene rings is 3. The Labute approximate surface area is 197 Å². The molecule has 0 radical (unpaired) electrons. The van der Waals surface area contributed by atoms with Crippen LogP contribution in [0.3, 0.4) is 0 Å². The van der Waals surface area contributed by atoms with Gasteiger partial charge in [-0.05, 0) is 52.4 Å². The largest absolute Gasteiger partial charge is 0.496 e. The van der Waals surface area contributed by atoms with Crippen molar-refractivity contribution in [1.29, 1.82) is 0 Å². The van der Waals surface area contributed by atoms with Crippen LogP contribution in [-0.4, -0.2) is 24.6 Å². The van der Waals surface area contributed by atoms with Gasteiger partial charge in [0.15, 0.2) is 0 Å². The number of ether oxygens (including phenoxy) is 1. The lowest BCUT2D eigenvalue weighted by Crippen LogP contribution is -2.29. The van der Waals surface area contributed by atoms with Gasteiger partial charge in [-0.15, -0.1) is 0 Å². The van der Waals surface area contributed by atoms with Crippen LogP contribution < -0.4 is 10.1 Å². The molecule has 0 saturated carbocycles. The fraction of sp³-hybridized carbons (Fsp3) is 0.296. The number of hydrogen-bond acceptors (Lipinski definition) is 2. The molecular formula is C27H27F3N2O2. The first kappa shape index (κ1) is 23.7. The van der Waals surface area contributed by atoms with E-state index in [0.29, 0.717) is 29.0 Å². The summed E-state index contributed by atoms with van der Waals surface area (Å²) in [5.41, 5.74) is 2.94. The molecule has 4 nitrogen and oxygen atoms in total. The van der Waals surface area contributed by atoms with E-state index in [-0.39, 0.29) is 24.5 Å². The molecule has 3 aromatic carbocycles. The Kier molecular flexibility index (Phi) is 6.55. The van der Waals surface area contributed by atoms with Crippen molar-refractivity contribution in [2.24, 2.45) is 0 Å². The second-order valence-corrected chi connectivity index (χ2v) is 8.72. The molecule has 0 aromatic heterocycles. The quantitative estimate of drug-likeness (QED) is 0.434. The lowest BCUT2D eigenvalue weighted by atomic mass is 9.92. The maximum Gasteiger partial charge on any atom is 0.416 e. The number of halogens is 3. The third kappa shape index (κ3) is 4.74. The predicted octanol–water partition coefficient (Wildman–Crippen LogP) is 6.77. The van der Waals surface area contributed by atoms with Gasteiger partial charge in [0.1, 0.15) is 5.75 Å². The topological polar surface area (TPSA) is 41.6 Å². The van der Waals surface area contributed by atoms with Crippen molar-refractivity contribution in [3.63, 3.8) is 0 Å². The molecule has 0 bridgehead atoms. The number of nitrogens with zero attached hydrogens (tertiary/aromatic N) is 1. The average molecular weight is 469 g/mol. The fourth-order valence-corrected chi connectivity index (χ4v) is 4.33. The van der Waals surface area contributed by atoms with Crippen molar-refractivity contribution in [3.8, 4) is 16.9 Å². The molecule has 1 saturated heterocycles. The first-order valence-electron chi connectivity index (χ1n) is 11.2. The van der Waals surface area contributed by atoms with Crippen LogP contribution >= 0.6 is 0 Å². The minimum absolute atomic E-state index is 0.0275. The molecule has 0 aliphatic carbocycles. The van der Waals surface area contributed by atoms with Gasteiger partial charge in [-0.2, -0.15) is 13.2 Å². The Balaban J connectivity index is 1.83. The number of urea groups is 1. The monoisotopic (exact) mass is 468 g/mol. The van der Waals surface area contributed by atoms with E-state index in [4.69, 9.17) is 4.74 Å². The lowest BCUT2D eigenvalue weighted by molar-refractivity contribution is -0.137. The second-order valence-electron chi connectivity index (χ2n) is 8.72. The third-order valence-corrected chi connectivity index (χ3v) is 6.22. The Hall–Kier alpha value is -3.48. The number of rotatable bonds is 6. The zero-order valence-corrected chi connectivity index (χ0v) is 19.3. The van der Waals surface area contributed by atoms with Gasteiger partial charge in [-0.3, -0.25) is 0 Å². The van der Waals surface area contributed by atoms with Crippen LogP contribution in [0.15, 0.2) is 66.7 Å². The summed E-state index contributed by atoms with van der Waals surface area (Å²) >= 11 is 0. The Morgan fingerprint density at radius 2 is 1.76 bits per heavy atom. The molecule has 0 spiro atoms. The summed E-state index contributed by atoms with van der Waals surface area (Å²) in [4.78, 5) is 14.3. The van der Waals surface area contributed by atoms with Gasteiger partial charge >= 0.3 is 12.2 Å². The predicted molar refractivity (Wildman–Crippen MR) is 126 cm³/mol. The number of alkyl halides is 3. The molecule has 4 rings (SSSR count). The second kappa shape index (κ2) is 9.41. The van der Waals surface area contributed by atoms with Crippen molar-refractivity contribution >= 4 is 6.03 Å². The molecule has 1 aliphatic rings. The van der Waals surface area contributed by atoms with Gasteiger partial charge < -0.3 is 15.0 Å². The zero-order valence-electron chi connectivity index (χ0n) is 19.3.